The van der Waals surface area contributed by atoms with Crippen LogP contribution in [-0.4, -0.2) is 34.7 Å². The third kappa shape index (κ3) is 3.43. The van der Waals surface area contributed by atoms with Gasteiger partial charge in [-0.25, -0.2) is 17.5 Å². The summed E-state index contributed by atoms with van der Waals surface area (Å²) in [6.07, 6.45) is 1.70. The standard InChI is InChI=1S/C12H17FN2O3S/c1-18-12-5-4-10(7-11(12)13)19(16,17)15-9-3-2-6-14-8-9/h4-5,7,9,14-15H,2-3,6,8H2,1H3. The van der Waals surface area contributed by atoms with E-state index >= 15 is 0 Å². The van der Waals surface area contributed by atoms with Crippen molar-refractivity contribution in [3.8, 4) is 5.75 Å². The fourth-order valence-electron chi connectivity index (χ4n) is 2.05. The Hall–Kier alpha value is -1.18. The van der Waals surface area contributed by atoms with Crippen molar-refractivity contribution in [3.63, 3.8) is 0 Å². The maximum absolute atomic E-state index is 13.5. The summed E-state index contributed by atoms with van der Waals surface area (Å²) in [6.45, 7) is 1.49. The van der Waals surface area contributed by atoms with Gasteiger partial charge in [-0.15, -0.1) is 0 Å². The highest BCUT2D eigenvalue weighted by Crippen LogP contribution is 2.21. The molecule has 1 aliphatic rings. The highest BCUT2D eigenvalue weighted by molar-refractivity contribution is 7.89. The molecule has 0 aromatic heterocycles. The zero-order valence-corrected chi connectivity index (χ0v) is 11.5. The van der Waals surface area contributed by atoms with Gasteiger partial charge in [0.15, 0.2) is 11.6 Å². The molecule has 1 saturated heterocycles. The summed E-state index contributed by atoms with van der Waals surface area (Å²) in [7, 11) is -2.36. The number of sulfonamides is 1. The summed E-state index contributed by atoms with van der Waals surface area (Å²) >= 11 is 0. The monoisotopic (exact) mass is 288 g/mol. The van der Waals surface area contributed by atoms with Crippen LogP contribution in [0.25, 0.3) is 0 Å². The number of hydrogen-bond acceptors (Lipinski definition) is 4. The van der Waals surface area contributed by atoms with Crippen molar-refractivity contribution < 1.29 is 17.5 Å². The summed E-state index contributed by atoms with van der Waals surface area (Å²) in [5.74, 6) is -0.662. The molecule has 0 amide bonds. The van der Waals surface area contributed by atoms with Crippen LogP contribution in [-0.2, 0) is 10.0 Å². The fourth-order valence-corrected chi connectivity index (χ4v) is 3.34. The summed E-state index contributed by atoms with van der Waals surface area (Å²) in [5.41, 5.74) is 0. The summed E-state index contributed by atoms with van der Waals surface area (Å²) < 4.78 is 45.1. The van der Waals surface area contributed by atoms with E-state index in [-0.39, 0.29) is 16.7 Å². The lowest BCUT2D eigenvalue weighted by Crippen LogP contribution is -2.45. The molecule has 7 heteroatoms. The topological polar surface area (TPSA) is 67.4 Å². The molecule has 2 rings (SSSR count). The van der Waals surface area contributed by atoms with Gasteiger partial charge in [-0.1, -0.05) is 0 Å². The maximum Gasteiger partial charge on any atom is 0.240 e. The lowest BCUT2D eigenvalue weighted by molar-refractivity contribution is 0.385. The Labute approximate surface area is 112 Å². The van der Waals surface area contributed by atoms with Crippen LogP contribution in [0.15, 0.2) is 23.1 Å². The van der Waals surface area contributed by atoms with Crippen molar-refractivity contribution in [2.45, 2.75) is 23.8 Å². The molecule has 0 saturated carbocycles. The van der Waals surface area contributed by atoms with E-state index < -0.39 is 15.8 Å². The largest absolute Gasteiger partial charge is 0.494 e. The molecule has 0 radical (unpaired) electrons. The number of nitrogens with one attached hydrogen (secondary N) is 2. The number of benzene rings is 1. The van der Waals surface area contributed by atoms with Crippen LogP contribution in [0.5, 0.6) is 5.75 Å². The van der Waals surface area contributed by atoms with E-state index in [2.05, 4.69) is 10.0 Å². The van der Waals surface area contributed by atoms with Crippen molar-refractivity contribution in [1.29, 1.82) is 0 Å². The van der Waals surface area contributed by atoms with E-state index in [1.165, 1.54) is 19.2 Å². The summed E-state index contributed by atoms with van der Waals surface area (Å²) in [5, 5.41) is 3.12. The Morgan fingerprint density at radius 3 is 2.84 bits per heavy atom. The Morgan fingerprint density at radius 1 is 1.47 bits per heavy atom. The van der Waals surface area contributed by atoms with Crippen LogP contribution in [0.3, 0.4) is 0 Å². The van der Waals surface area contributed by atoms with E-state index in [9.17, 15) is 12.8 Å². The molecule has 1 aromatic carbocycles. The average Bonchev–Trinajstić information content (AvgIpc) is 2.39. The molecule has 1 fully saturated rings. The maximum atomic E-state index is 13.5. The Balaban J connectivity index is 2.16. The van der Waals surface area contributed by atoms with Crippen molar-refractivity contribution in [2.24, 2.45) is 0 Å². The van der Waals surface area contributed by atoms with Gasteiger partial charge in [0, 0.05) is 12.6 Å². The van der Waals surface area contributed by atoms with Crippen LogP contribution < -0.4 is 14.8 Å². The van der Waals surface area contributed by atoms with Crippen molar-refractivity contribution in [2.75, 3.05) is 20.2 Å². The molecule has 106 valence electrons. The molecule has 0 spiro atoms. The lowest BCUT2D eigenvalue weighted by atomic mass is 10.1. The van der Waals surface area contributed by atoms with Gasteiger partial charge in [0.1, 0.15) is 0 Å². The SMILES string of the molecule is COc1ccc(S(=O)(=O)NC2CCCNC2)cc1F. The highest BCUT2D eigenvalue weighted by Gasteiger charge is 2.22. The molecular formula is C12H17FN2O3S. The first-order chi connectivity index (χ1) is 9.03. The van der Waals surface area contributed by atoms with Crippen LogP contribution in [0.4, 0.5) is 4.39 Å². The van der Waals surface area contributed by atoms with Gasteiger partial charge in [0.05, 0.1) is 12.0 Å². The van der Waals surface area contributed by atoms with Crippen LogP contribution in [0.2, 0.25) is 0 Å². The van der Waals surface area contributed by atoms with Crippen LogP contribution >= 0.6 is 0 Å². The minimum Gasteiger partial charge on any atom is -0.494 e. The van der Waals surface area contributed by atoms with Gasteiger partial charge < -0.3 is 10.1 Å². The second-order valence-electron chi connectivity index (χ2n) is 4.46. The number of halogens is 1. The average molecular weight is 288 g/mol. The Bertz CT molecular complexity index is 542. The molecule has 1 heterocycles. The predicted octanol–water partition coefficient (Wildman–Crippen LogP) is 0.865. The van der Waals surface area contributed by atoms with Crippen molar-refractivity contribution in [1.82, 2.24) is 10.0 Å². The highest BCUT2D eigenvalue weighted by atomic mass is 32.2. The smallest absolute Gasteiger partial charge is 0.240 e. The number of hydrogen-bond donors (Lipinski definition) is 2. The van der Waals surface area contributed by atoms with Crippen molar-refractivity contribution >= 4 is 10.0 Å². The minimum atomic E-state index is -3.69. The van der Waals surface area contributed by atoms with Gasteiger partial charge in [-0.05, 0) is 37.6 Å². The van der Waals surface area contributed by atoms with Gasteiger partial charge in [0.2, 0.25) is 10.0 Å². The first kappa shape index (κ1) is 14.2. The summed E-state index contributed by atoms with van der Waals surface area (Å²) in [6, 6.07) is 3.46. The Kier molecular flexibility index (Phi) is 4.38. The van der Waals surface area contributed by atoms with Gasteiger partial charge in [0.25, 0.3) is 0 Å². The van der Waals surface area contributed by atoms with Gasteiger partial charge in [-0.2, -0.15) is 0 Å². The Morgan fingerprint density at radius 2 is 2.26 bits per heavy atom. The fraction of sp³-hybridized carbons (Fsp3) is 0.500. The van der Waals surface area contributed by atoms with Gasteiger partial charge >= 0.3 is 0 Å². The van der Waals surface area contributed by atoms with E-state index in [0.717, 1.165) is 25.5 Å². The lowest BCUT2D eigenvalue weighted by Gasteiger charge is -2.23. The minimum absolute atomic E-state index is 0.0262. The normalized spacial score (nSPS) is 20.2. The predicted molar refractivity (Wildman–Crippen MR) is 69.2 cm³/mol. The van der Waals surface area contributed by atoms with Crippen molar-refractivity contribution in [3.05, 3.63) is 24.0 Å². The van der Waals surface area contributed by atoms with Crippen LogP contribution in [0.1, 0.15) is 12.8 Å². The number of rotatable bonds is 4. The van der Waals surface area contributed by atoms with Crippen LogP contribution in [0, 0.1) is 5.82 Å². The zero-order chi connectivity index (χ0) is 13.9. The molecule has 1 unspecified atom stereocenters. The number of piperidine rings is 1. The van der Waals surface area contributed by atoms with E-state index in [1.807, 2.05) is 0 Å². The molecule has 1 aliphatic heterocycles. The summed E-state index contributed by atoms with van der Waals surface area (Å²) in [4.78, 5) is -0.0867. The second-order valence-corrected chi connectivity index (χ2v) is 6.17. The molecule has 0 aliphatic carbocycles. The molecule has 0 bridgehead atoms. The molecule has 1 atom stereocenters. The number of ether oxygens (including phenoxy) is 1. The zero-order valence-electron chi connectivity index (χ0n) is 10.6. The molecular weight excluding hydrogens is 271 g/mol. The van der Waals surface area contributed by atoms with E-state index in [1.54, 1.807) is 0 Å². The molecule has 2 N–H and O–H groups in total. The first-order valence-electron chi connectivity index (χ1n) is 6.09. The first-order valence-corrected chi connectivity index (χ1v) is 7.58. The molecule has 5 nitrogen and oxygen atoms in total. The quantitative estimate of drug-likeness (QED) is 0.862. The third-order valence-corrected chi connectivity index (χ3v) is 4.57. The van der Waals surface area contributed by atoms with E-state index in [0.29, 0.717) is 6.54 Å². The molecule has 19 heavy (non-hydrogen) atoms. The molecule has 1 aromatic rings. The second kappa shape index (κ2) is 5.85. The van der Waals surface area contributed by atoms with Gasteiger partial charge in [-0.3, -0.25) is 0 Å². The van der Waals surface area contributed by atoms with E-state index in [4.69, 9.17) is 4.74 Å². The number of methoxy groups -OCH3 is 1. The third-order valence-electron chi connectivity index (χ3n) is 3.05.